The van der Waals surface area contributed by atoms with Crippen molar-refractivity contribution in [3.05, 3.63) is 0 Å². The molecule has 0 bridgehead atoms. The lowest BCUT2D eigenvalue weighted by Gasteiger charge is -2.31. The molecule has 10 heteroatoms. The largest absolute Gasteiger partial charge is 0.444 e. The van der Waals surface area contributed by atoms with Gasteiger partial charge in [0, 0.05) is 13.1 Å². The number of nitrogens with one attached hydrogen (secondary N) is 2. The predicted octanol–water partition coefficient (Wildman–Crippen LogP) is 1.40. The predicted molar refractivity (Wildman–Crippen MR) is 117 cm³/mol. The van der Waals surface area contributed by atoms with E-state index in [1.807, 2.05) is 20.1 Å². The van der Waals surface area contributed by atoms with Crippen LogP contribution in [0, 0.1) is 0 Å². The first-order valence-electron chi connectivity index (χ1n) is 10.3. The Bertz CT molecular complexity index is 561. The van der Waals surface area contributed by atoms with Crippen LogP contribution in [0.5, 0.6) is 0 Å². The van der Waals surface area contributed by atoms with Gasteiger partial charge in [-0.2, -0.15) is 11.8 Å². The maximum atomic E-state index is 13.0. The maximum Gasteiger partial charge on any atom is 0.408 e. The number of morpholine rings is 1. The van der Waals surface area contributed by atoms with Gasteiger partial charge in [-0.05, 0) is 53.0 Å². The fourth-order valence-corrected chi connectivity index (χ4v) is 3.17. The van der Waals surface area contributed by atoms with E-state index >= 15 is 0 Å². The fraction of sp³-hybridized carbons (Fsp3) is 0.850. The van der Waals surface area contributed by atoms with Crippen LogP contribution >= 0.6 is 11.8 Å². The van der Waals surface area contributed by atoms with E-state index in [9.17, 15) is 14.4 Å². The maximum absolute atomic E-state index is 13.0. The van der Waals surface area contributed by atoms with Gasteiger partial charge in [0.1, 0.15) is 17.7 Å². The summed E-state index contributed by atoms with van der Waals surface area (Å²) in [6.07, 6.45) is 1.58. The highest BCUT2D eigenvalue weighted by atomic mass is 32.2. The second kappa shape index (κ2) is 13.0. The Morgan fingerprint density at radius 1 is 1.10 bits per heavy atom. The SMILES string of the molecule is CSCC[C@H](NC(=O)OC(C)(C)C)C(=O)N[C@@H](COC(C)C)C(=O)N1CCOCC1. The first-order chi connectivity index (χ1) is 14.0. The van der Waals surface area contributed by atoms with Crippen molar-refractivity contribution in [2.45, 2.75) is 64.8 Å². The number of thioether (sulfide) groups is 1. The number of ether oxygens (including phenoxy) is 3. The van der Waals surface area contributed by atoms with Gasteiger partial charge in [-0.3, -0.25) is 9.59 Å². The van der Waals surface area contributed by atoms with Crippen LogP contribution < -0.4 is 10.6 Å². The van der Waals surface area contributed by atoms with Crippen molar-refractivity contribution in [2.75, 3.05) is 44.9 Å². The molecule has 2 atom stereocenters. The molecule has 2 N–H and O–H groups in total. The van der Waals surface area contributed by atoms with Crippen LogP contribution in [0.3, 0.4) is 0 Å². The topological polar surface area (TPSA) is 106 Å². The number of carbonyl (C=O) groups is 3. The highest BCUT2D eigenvalue weighted by Gasteiger charge is 2.31. The van der Waals surface area contributed by atoms with Crippen molar-refractivity contribution in [2.24, 2.45) is 0 Å². The average Bonchev–Trinajstić information content (AvgIpc) is 2.66. The third-order valence-corrected chi connectivity index (χ3v) is 4.80. The second-order valence-electron chi connectivity index (χ2n) is 8.36. The Morgan fingerprint density at radius 3 is 2.27 bits per heavy atom. The van der Waals surface area contributed by atoms with E-state index in [1.54, 1.807) is 37.4 Å². The molecule has 1 aliphatic heterocycles. The third-order valence-electron chi connectivity index (χ3n) is 4.15. The number of nitrogens with zero attached hydrogens (tertiary/aromatic N) is 1. The van der Waals surface area contributed by atoms with Crippen molar-refractivity contribution in [1.29, 1.82) is 0 Å². The van der Waals surface area contributed by atoms with Crippen LogP contribution in [0.15, 0.2) is 0 Å². The van der Waals surface area contributed by atoms with Crippen LogP contribution in [0.4, 0.5) is 4.79 Å². The lowest BCUT2D eigenvalue weighted by molar-refractivity contribution is -0.142. The monoisotopic (exact) mass is 447 g/mol. The van der Waals surface area contributed by atoms with Gasteiger partial charge in [0.05, 0.1) is 25.9 Å². The van der Waals surface area contributed by atoms with Crippen LogP contribution in [-0.4, -0.2) is 91.5 Å². The van der Waals surface area contributed by atoms with Gasteiger partial charge in [0.2, 0.25) is 11.8 Å². The molecule has 0 aliphatic carbocycles. The van der Waals surface area contributed by atoms with E-state index in [0.29, 0.717) is 38.5 Å². The Kier molecular flexibility index (Phi) is 11.5. The van der Waals surface area contributed by atoms with E-state index in [0.717, 1.165) is 0 Å². The van der Waals surface area contributed by atoms with E-state index in [1.165, 1.54) is 0 Å². The Balaban J connectivity index is 2.85. The van der Waals surface area contributed by atoms with Crippen LogP contribution in [0.25, 0.3) is 0 Å². The molecule has 1 saturated heterocycles. The highest BCUT2D eigenvalue weighted by Crippen LogP contribution is 2.09. The summed E-state index contributed by atoms with van der Waals surface area (Å²) in [5, 5.41) is 5.40. The molecule has 0 radical (unpaired) electrons. The van der Waals surface area contributed by atoms with E-state index in [4.69, 9.17) is 14.2 Å². The first-order valence-corrected chi connectivity index (χ1v) is 11.7. The molecule has 0 aromatic carbocycles. The molecule has 9 nitrogen and oxygen atoms in total. The molecule has 0 saturated carbocycles. The van der Waals surface area contributed by atoms with Gasteiger partial charge in [0.25, 0.3) is 0 Å². The zero-order valence-electron chi connectivity index (χ0n) is 19.0. The summed E-state index contributed by atoms with van der Waals surface area (Å²) >= 11 is 1.56. The number of rotatable bonds is 10. The van der Waals surface area contributed by atoms with E-state index < -0.39 is 29.7 Å². The van der Waals surface area contributed by atoms with E-state index in [-0.39, 0.29) is 18.6 Å². The minimum atomic E-state index is -0.838. The number of carbonyl (C=O) groups excluding carboxylic acids is 3. The fourth-order valence-electron chi connectivity index (χ4n) is 2.69. The van der Waals surface area contributed by atoms with Crippen molar-refractivity contribution in [1.82, 2.24) is 15.5 Å². The molecule has 0 aromatic heterocycles. The Labute approximate surface area is 183 Å². The van der Waals surface area contributed by atoms with Crippen LogP contribution in [0.2, 0.25) is 0 Å². The first kappa shape index (κ1) is 26.5. The second-order valence-corrected chi connectivity index (χ2v) is 9.35. The van der Waals surface area contributed by atoms with Gasteiger partial charge < -0.3 is 29.7 Å². The molecule has 1 heterocycles. The van der Waals surface area contributed by atoms with Crippen molar-refractivity contribution < 1.29 is 28.6 Å². The minimum absolute atomic E-state index is 0.0568. The molecule has 0 aromatic rings. The zero-order valence-corrected chi connectivity index (χ0v) is 19.8. The molecule has 30 heavy (non-hydrogen) atoms. The number of hydrogen-bond donors (Lipinski definition) is 2. The normalized spacial score (nSPS) is 16.7. The van der Waals surface area contributed by atoms with Crippen molar-refractivity contribution in [3.63, 3.8) is 0 Å². The molecular weight excluding hydrogens is 410 g/mol. The van der Waals surface area contributed by atoms with Crippen LogP contribution in [-0.2, 0) is 23.8 Å². The Morgan fingerprint density at radius 2 is 1.73 bits per heavy atom. The molecule has 1 aliphatic rings. The summed E-state index contributed by atoms with van der Waals surface area (Å²) in [6.45, 7) is 10.9. The quantitative estimate of drug-likeness (QED) is 0.521. The smallest absolute Gasteiger partial charge is 0.408 e. The zero-order chi connectivity index (χ0) is 22.7. The summed E-state index contributed by atoms with van der Waals surface area (Å²) in [6, 6.07) is -1.65. The molecule has 174 valence electrons. The average molecular weight is 448 g/mol. The third kappa shape index (κ3) is 10.5. The minimum Gasteiger partial charge on any atom is -0.444 e. The van der Waals surface area contributed by atoms with Gasteiger partial charge in [0.15, 0.2) is 0 Å². The van der Waals surface area contributed by atoms with Crippen molar-refractivity contribution in [3.8, 4) is 0 Å². The lowest BCUT2D eigenvalue weighted by Crippen LogP contribution is -2.57. The summed E-state index contributed by atoms with van der Waals surface area (Å²) in [7, 11) is 0. The highest BCUT2D eigenvalue weighted by molar-refractivity contribution is 7.98. The Hall–Kier alpha value is -1.52. The summed E-state index contributed by atoms with van der Waals surface area (Å²) in [5.74, 6) is 0.0143. The number of hydrogen-bond acceptors (Lipinski definition) is 7. The molecule has 0 unspecified atom stereocenters. The molecular formula is C20H37N3O6S. The summed E-state index contributed by atoms with van der Waals surface area (Å²) in [5.41, 5.74) is -0.676. The van der Waals surface area contributed by atoms with Gasteiger partial charge in [-0.1, -0.05) is 0 Å². The number of amides is 3. The molecule has 0 spiro atoms. The lowest BCUT2D eigenvalue weighted by atomic mass is 10.1. The van der Waals surface area contributed by atoms with Gasteiger partial charge in [-0.15, -0.1) is 0 Å². The molecule has 1 fully saturated rings. The summed E-state index contributed by atoms with van der Waals surface area (Å²) < 4.78 is 16.2. The van der Waals surface area contributed by atoms with Crippen molar-refractivity contribution >= 4 is 29.7 Å². The standard InChI is InChI=1S/C20H37N3O6S/c1-14(2)28-13-16(18(25)23-8-10-27-11-9-23)21-17(24)15(7-12-30-6)22-19(26)29-20(3,4)5/h14-16H,7-13H2,1-6H3,(H,21,24)(H,22,26)/t15-,16-/m0/s1. The van der Waals surface area contributed by atoms with Crippen LogP contribution in [0.1, 0.15) is 41.0 Å². The van der Waals surface area contributed by atoms with Gasteiger partial charge >= 0.3 is 6.09 Å². The number of alkyl carbamates (subject to hydrolysis) is 1. The summed E-state index contributed by atoms with van der Waals surface area (Å²) in [4.78, 5) is 39.8. The molecule has 3 amide bonds. The molecule has 1 rings (SSSR count). The van der Waals surface area contributed by atoms with Gasteiger partial charge in [-0.25, -0.2) is 4.79 Å². The van der Waals surface area contributed by atoms with E-state index in [2.05, 4.69) is 10.6 Å².